The number of nitrogens with zero attached hydrogens (tertiary/aromatic N) is 4. The quantitative estimate of drug-likeness (QED) is 0.839. The van der Waals surface area contributed by atoms with E-state index in [0.717, 1.165) is 50.9 Å². The van der Waals surface area contributed by atoms with Crippen molar-refractivity contribution < 1.29 is 9.63 Å². The van der Waals surface area contributed by atoms with Crippen LogP contribution < -0.4 is 0 Å². The number of aromatic nitrogens is 2. The van der Waals surface area contributed by atoms with Gasteiger partial charge in [-0.15, -0.1) is 0 Å². The first-order valence-corrected chi connectivity index (χ1v) is 7.68. The molecule has 1 aliphatic carbocycles. The smallest absolute Gasteiger partial charge is 0.243 e. The molecule has 1 aromatic rings. The largest absolute Gasteiger partial charge is 0.396 e. The molecule has 1 aliphatic heterocycles. The number of hydrogen-bond acceptors (Lipinski definition) is 6. The number of aliphatic hydroxyl groups excluding tert-OH is 1. The van der Waals surface area contributed by atoms with Crippen molar-refractivity contribution in [3.63, 3.8) is 0 Å². The summed E-state index contributed by atoms with van der Waals surface area (Å²) in [5, 5.41) is 13.0. The summed E-state index contributed by atoms with van der Waals surface area (Å²) in [5.41, 5.74) is 0. The molecule has 0 bridgehead atoms. The predicted octanol–water partition coefficient (Wildman–Crippen LogP) is 1.01. The maximum absolute atomic E-state index is 8.87. The van der Waals surface area contributed by atoms with E-state index in [1.54, 1.807) is 0 Å². The van der Waals surface area contributed by atoms with E-state index in [0.29, 0.717) is 5.92 Å². The highest BCUT2D eigenvalue weighted by atomic mass is 16.5. The summed E-state index contributed by atoms with van der Waals surface area (Å²) in [6.45, 7) is 7.56. The molecule has 1 aromatic heterocycles. The molecule has 0 radical (unpaired) electrons. The van der Waals surface area contributed by atoms with Gasteiger partial charge in [0.15, 0.2) is 5.82 Å². The van der Waals surface area contributed by atoms with Gasteiger partial charge >= 0.3 is 0 Å². The topological polar surface area (TPSA) is 65.6 Å². The van der Waals surface area contributed by atoms with Gasteiger partial charge in [-0.3, -0.25) is 4.90 Å². The zero-order valence-electron chi connectivity index (χ0n) is 12.2. The summed E-state index contributed by atoms with van der Waals surface area (Å²) in [7, 11) is 0. The summed E-state index contributed by atoms with van der Waals surface area (Å²) in [4.78, 5) is 9.36. The second-order valence-electron chi connectivity index (χ2n) is 5.90. The van der Waals surface area contributed by atoms with E-state index in [4.69, 9.17) is 9.63 Å². The lowest BCUT2D eigenvalue weighted by Crippen LogP contribution is -2.47. The van der Waals surface area contributed by atoms with Gasteiger partial charge in [0.05, 0.1) is 6.04 Å². The van der Waals surface area contributed by atoms with Crippen LogP contribution in [-0.2, 0) is 0 Å². The van der Waals surface area contributed by atoms with Gasteiger partial charge in [-0.05, 0) is 26.2 Å². The maximum atomic E-state index is 8.87. The molecule has 2 aliphatic rings. The highest BCUT2D eigenvalue weighted by Gasteiger charge is 2.31. The minimum Gasteiger partial charge on any atom is -0.396 e. The summed E-state index contributed by atoms with van der Waals surface area (Å²) in [6, 6.07) is 0.204. The molecule has 0 unspecified atom stereocenters. The standard InChI is InChI=1S/C14H24N4O2/c1-11(14-15-13(16-20-14)12-3-4-12)18-8-6-17(7-9-18)5-2-10-19/h11-12,19H,2-10H2,1H3/t11-/m1/s1. The van der Waals surface area contributed by atoms with Crippen LogP contribution in [0.1, 0.15) is 49.9 Å². The van der Waals surface area contributed by atoms with E-state index in [1.807, 2.05) is 0 Å². The van der Waals surface area contributed by atoms with Crippen molar-refractivity contribution in [2.45, 2.75) is 38.1 Å². The Kier molecular flexibility index (Phi) is 4.33. The fourth-order valence-electron chi connectivity index (χ4n) is 2.75. The van der Waals surface area contributed by atoms with Gasteiger partial charge in [0, 0.05) is 45.2 Å². The maximum Gasteiger partial charge on any atom is 0.243 e. The summed E-state index contributed by atoms with van der Waals surface area (Å²) in [5.74, 6) is 2.21. The van der Waals surface area contributed by atoms with Crippen LogP contribution in [0.25, 0.3) is 0 Å². The van der Waals surface area contributed by atoms with Crippen molar-refractivity contribution in [2.75, 3.05) is 39.3 Å². The van der Waals surface area contributed by atoms with Crippen LogP contribution in [0.2, 0.25) is 0 Å². The second-order valence-corrected chi connectivity index (χ2v) is 5.90. The Morgan fingerprint density at radius 1 is 1.30 bits per heavy atom. The van der Waals surface area contributed by atoms with Crippen LogP contribution in [0.4, 0.5) is 0 Å². The zero-order valence-corrected chi connectivity index (χ0v) is 12.2. The molecule has 1 N–H and O–H groups in total. The summed E-state index contributed by atoms with van der Waals surface area (Å²) in [6.07, 6.45) is 3.28. The van der Waals surface area contributed by atoms with Crippen LogP contribution in [0, 0.1) is 0 Å². The van der Waals surface area contributed by atoms with E-state index < -0.39 is 0 Å². The van der Waals surface area contributed by atoms with E-state index in [2.05, 4.69) is 26.9 Å². The minimum atomic E-state index is 0.204. The molecule has 20 heavy (non-hydrogen) atoms. The summed E-state index contributed by atoms with van der Waals surface area (Å²) >= 11 is 0. The lowest BCUT2D eigenvalue weighted by molar-refractivity contribution is 0.0844. The van der Waals surface area contributed by atoms with Gasteiger partial charge in [0.2, 0.25) is 5.89 Å². The Morgan fingerprint density at radius 3 is 2.70 bits per heavy atom. The van der Waals surface area contributed by atoms with Gasteiger partial charge in [-0.25, -0.2) is 0 Å². The van der Waals surface area contributed by atoms with Crippen molar-refractivity contribution in [2.24, 2.45) is 0 Å². The third-order valence-corrected chi connectivity index (χ3v) is 4.34. The van der Waals surface area contributed by atoms with E-state index in [1.165, 1.54) is 12.8 Å². The average Bonchev–Trinajstić information content (AvgIpc) is 3.22. The minimum absolute atomic E-state index is 0.204. The van der Waals surface area contributed by atoms with Gasteiger partial charge in [0.25, 0.3) is 0 Å². The first-order chi connectivity index (χ1) is 9.78. The highest BCUT2D eigenvalue weighted by Crippen LogP contribution is 2.38. The van der Waals surface area contributed by atoms with Crippen molar-refractivity contribution in [3.05, 3.63) is 11.7 Å². The number of aliphatic hydroxyl groups is 1. The van der Waals surface area contributed by atoms with Crippen LogP contribution >= 0.6 is 0 Å². The fraction of sp³-hybridized carbons (Fsp3) is 0.857. The van der Waals surface area contributed by atoms with Crippen molar-refractivity contribution >= 4 is 0 Å². The second kappa shape index (κ2) is 6.20. The Bertz CT molecular complexity index is 425. The molecule has 3 rings (SSSR count). The molecule has 0 aromatic carbocycles. The third-order valence-electron chi connectivity index (χ3n) is 4.34. The number of hydrogen-bond donors (Lipinski definition) is 1. The normalized spacial score (nSPS) is 23.1. The van der Waals surface area contributed by atoms with E-state index >= 15 is 0 Å². The van der Waals surface area contributed by atoms with E-state index in [9.17, 15) is 0 Å². The van der Waals surface area contributed by atoms with Crippen molar-refractivity contribution in [3.8, 4) is 0 Å². The monoisotopic (exact) mass is 280 g/mol. The molecule has 1 saturated heterocycles. The molecular formula is C14H24N4O2. The van der Waals surface area contributed by atoms with Crippen LogP contribution in [0.5, 0.6) is 0 Å². The third kappa shape index (κ3) is 3.19. The number of rotatable bonds is 6. The number of piperazine rings is 1. The zero-order chi connectivity index (χ0) is 13.9. The van der Waals surface area contributed by atoms with Crippen LogP contribution in [-0.4, -0.2) is 64.4 Å². The van der Waals surface area contributed by atoms with Crippen LogP contribution in [0.15, 0.2) is 4.52 Å². The predicted molar refractivity (Wildman–Crippen MR) is 74.4 cm³/mol. The summed E-state index contributed by atoms with van der Waals surface area (Å²) < 4.78 is 5.42. The Morgan fingerprint density at radius 2 is 2.05 bits per heavy atom. The molecule has 0 spiro atoms. The molecule has 2 heterocycles. The van der Waals surface area contributed by atoms with Gasteiger partial charge in [-0.1, -0.05) is 5.16 Å². The average molecular weight is 280 g/mol. The van der Waals surface area contributed by atoms with Crippen molar-refractivity contribution in [1.82, 2.24) is 19.9 Å². The molecular weight excluding hydrogens is 256 g/mol. The molecule has 2 fully saturated rings. The Balaban J connectivity index is 1.51. The molecule has 1 atom stereocenters. The molecule has 0 amide bonds. The van der Waals surface area contributed by atoms with Gasteiger partial charge < -0.3 is 14.5 Å². The fourth-order valence-corrected chi connectivity index (χ4v) is 2.75. The SMILES string of the molecule is C[C@H](c1nc(C2CC2)no1)N1CCN(CCCO)CC1. The first-order valence-electron chi connectivity index (χ1n) is 7.68. The van der Waals surface area contributed by atoms with Gasteiger partial charge in [0.1, 0.15) is 0 Å². The molecule has 112 valence electrons. The van der Waals surface area contributed by atoms with Crippen molar-refractivity contribution in [1.29, 1.82) is 0 Å². The lowest BCUT2D eigenvalue weighted by atomic mass is 10.2. The van der Waals surface area contributed by atoms with Crippen LogP contribution in [0.3, 0.4) is 0 Å². The highest BCUT2D eigenvalue weighted by molar-refractivity contribution is 5.04. The molecule has 6 nitrogen and oxygen atoms in total. The molecule has 1 saturated carbocycles. The lowest BCUT2D eigenvalue weighted by Gasteiger charge is -2.36. The van der Waals surface area contributed by atoms with E-state index in [-0.39, 0.29) is 12.6 Å². The molecule has 6 heteroatoms. The van der Waals surface area contributed by atoms with Gasteiger partial charge in [-0.2, -0.15) is 4.98 Å². The Hall–Kier alpha value is -0.980. The first kappa shape index (κ1) is 14.0. The Labute approximate surface area is 119 Å².